The lowest BCUT2D eigenvalue weighted by atomic mass is 10.1. The Balaban J connectivity index is 2.27. The monoisotopic (exact) mass is 378 g/mol. The van der Waals surface area contributed by atoms with Gasteiger partial charge in [0.2, 0.25) is 10.6 Å². The third-order valence-corrected chi connectivity index (χ3v) is 3.72. The summed E-state index contributed by atoms with van der Waals surface area (Å²) in [4.78, 5) is 12.3. The molecule has 21 heavy (non-hydrogen) atoms. The van der Waals surface area contributed by atoms with Gasteiger partial charge in [-0.05, 0) is 22.0 Å². The number of carbonyl (C=O) groups is 1. The van der Waals surface area contributed by atoms with E-state index in [0.29, 0.717) is 22.2 Å². The van der Waals surface area contributed by atoms with Gasteiger partial charge in [0, 0.05) is 22.1 Å². The highest BCUT2D eigenvalue weighted by Crippen LogP contribution is 2.31. The van der Waals surface area contributed by atoms with E-state index in [1.165, 1.54) is 30.5 Å². The molecule has 2 rings (SSSR count). The van der Waals surface area contributed by atoms with Crippen LogP contribution in [-0.2, 0) is 6.61 Å². The van der Waals surface area contributed by atoms with Gasteiger partial charge in [-0.3, -0.25) is 4.79 Å². The van der Waals surface area contributed by atoms with Crippen LogP contribution in [0.4, 0.5) is 8.78 Å². The molecule has 0 saturated carbocycles. The maximum absolute atomic E-state index is 12.6. The number of hydrogen-bond acceptors (Lipinski definition) is 5. The lowest BCUT2D eigenvalue weighted by Gasteiger charge is -2.12. The van der Waals surface area contributed by atoms with E-state index in [2.05, 4.69) is 21.0 Å². The van der Waals surface area contributed by atoms with Gasteiger partial charge in [-0.2, -0.15) is 8.78 Å². The van der Waals surface area contributed by atoms with E-state index in [4.69, 9.17) is 9.94 Å². The molecule has 0 aliphatic heterocycles. The highest BCUT2D eigenvalue weighted by molar-refractivity contribution is 9.18. The molecule has 0 fully saturated rings. The first-order valence-electron chi connectivity index (χ1n) is 5.61. The van der Waals surface area contributed by atoms with Crippen molar-refractivity contribution >= 4 is 32.4 Å². The molecule has 112 valence electrons. The van der Waals surface area contributed by atoms with E-state index in [0.717, 1.165) is 0 Å². The largest absolute Gasteiger partial charge is 0.472 e. The van der Waals surface area contributed by atoms with Crippen LogP contribution in [0.2, 0.25) is 0 Å². The fourth-order valence-electron chi connectivity index (χ4n) is 1.63. The molecule has 0 radical (unpaired) electrons. The van der Waals surface area contributed by atoms with Crippen molar-refractivity contribution in [3.63, 3.8) is 0 Å². The average molecular weight is 379 g/mol. The Hall–Kier alpha value is -1.61. The highest BCUT2D eigenvalue weighted by Gasteiger charge is 2.17. The van der Waals surface area contributed by atoms with E-state index >= 15 is 0 Å². The molecular weight excluding hydrogens is 370 g/mol. The second kappa shape index (κ2) is 6.90. The van der Waals surface area contributed by atoms with Crippen molar-refractivity contribution in [1.29, 1.82) is 0 Å². The SMILES string of the molecule is O=C(Br)c1cccc(SC(F)F)c1COc1ccn(O)n1. The normalized spacial score (nSPS) is 10.9. The van der Waals surface area contributed by atoms with Crippen LogP contribution in [0, 0.1) is 0 Å². The van der Waals surface area contributed by atoms with Crippen molar-refractivity contribution in [2.75, 3.05) is 0 Å². The number of benzene rings is 1. The lowest BCUT2D eigenvalue weighted by Crippen LogP contribution is -2.05. The molecule has 9 heteroatoms. The minimum absolute atomic E-state index is 0.113. The number of alkyl halides is 2. The van der Waals surface area contributed by atoms with Crippen LogP contribution in [0.3, 0.4) is 0 Å². The molecule has 1 heterocycles. The van der Waals surface area contributed by atoms with Crippen molar-refractivity contribution in [3.8, 4) is 5.88 Å². The molecule has 0 atom stereocenters. The third-order valence-electron chi connectivity index (χ3n) is 2.48. The summed E-state index contributed by atoms with van der Waals surface area (Å²) in [6.45, 7) is -0.125. The van der Waals surface area contributed by atoms with Gasteiger partial charge >= 0.3 is 0 Å². The van der Waals surface area contributed by atoms with Crippen LogP contribution in [0.15, 0.2) is 35.4 Å². The number of hydrogen-bond donors (Lipinski definition) is 1. The molecule has 0 bridgehead atoms. The highest BCUT2D eigenvalue weighted by atomic mass is 79.9. The van der Waals surface area contributed by atoms with Crippen LogP contribution in [0.1, 0.15) is 15.9 Å². The summed E-state index contributed by atoms with van der Waals surface area (Å²) >= 11 is 3.15. The quantitative estimate of drug-likeness (QED) is 0.473. The number of rotatable bonds is 6. The minimum atomic E-state index is -2.61. The zero-order valence-corrected chi connectivity index (χ0v) is 12.8. The Kier molecular flexibility index (Phi) is 5.18. The molecular formula is C12H9BrF2N2O3S. The van der Waals surface area contributed by atoms with E-state index in [-0.39, 0.29) is 22.9 Å². The lowest BCUT2D eigenvalue weighted by molar-refractivity contribution is 0.109. The number of halogens is 3. The van der Waals surface area contributed by atoms with E-state index < -0.39 is 10.4 Å². The van der Waals surface area contributed by atoms with Crippen LogP contribution in [0.25, 0.3) is 0 Å². The summed E-state index contributed by atoms with van der Waals surface area (Å²) in [6.07, 6.45) is 1.26. The number of nitrogens with zero attached hydrogens (tertiary/aromatic N) is 2. The zero-order valence-electron chi connectivity index (χ0n) is 10.4. The molecule has 0 aliphatic carbocycles. The fraction of sp³-hybridized carbons (Fsp3) is 0.167. The summed E-state index contributed by atoms with van der Waals surface area (Å²) in [5.74, 6) is -2.50. The predicted octanol–water partition coefficient (Wildman–Crippen LogP) is 3.55. The molecule has 0 unspecified atom stereocenters. The smallest absolute Gasteiger partial charge is 0.288 e. The molecule has 0 spiro atoms. The van der Waals surface area contributed by atoms with Crippen LogP contribution in [-0.4, -0.2) is 25.6 Å². The number of ether oxygens (including phenoxy) is 1. The first kappa shape index (κ1) is 15.8. The maximum atomic E-state index is 12.6. The molecule has 1 N–H and O–H groups in total. The first-order chi connectivity index (χ1) is 9.97. The summed E-state index contributed by atoms with van der Waals surface area (Å²) < 4.78 is 30.0. The average Bonchev–Trinajstić information content (AvgIpc) is 2.82. The molecule has 5 nitrogen and oxygen atoms in total. The van der Waals surface area contributed by atoms with Crippen LogP contribution >= 0.6 is 27.7 Å². The van der Waals surface area contributed by atoms with Gasteiger partial charge in [-0.1, -0.05) is 29.0 Å². The Labute approximate surface area is 131 Å². The predicted molar refractivity (Wildman–Crippen MR) is 75.3 cm³/mol. The van der Waals surface area contributed by atoms with Gasteiger partial charge in [0.1, 0.15) is 6.61 Å². The summed E-state index contributed by atoms with van der Waals surface area (Å²) in [5, 5.41) is 12.6. The standard InChI is InChI=1S/C12H9BrF2N2O3S/c13-11(18)7-2-1-3-9(21-12(14)15)8(7)6-20-10-4-5-17(19)16-10/h1-5,12,19H,6H2. The van der Waals surface area contributed by atoms with Crippen molar-refractivity contribution < 1.29 is 23.5 Å². The van der Waals surface area contributed by atoms with Crippen LogP contribution < -0.4 is 4.74 Å². The van der Waals surface area contributed by atoms with Crippen molar-refractivity contribution in [3.05, 3.63) is 41.6 Å². The molecule has 2 aromatic rings. The first-order valence-corrected chi connectivity index (χ1v) is 7.29. The second-order valence-electron chi connectivity index (χ2n) is 3.80. The number of thioether (sulfide) groups is 1. The second-order valence-corrected chi connectivity index (χ2v) is 5.55. The molecule has 1 aromatic heterocycles. The van der Waals surface area contributed by atoms with E-state index in [9.17, 15) is 13.6 Å². The van der Waals surface area contributed by atoms with Crippen molar-refractivity contribution in [2.45, 2.75) is 17.3 Å². The molecule has 1 aromatic carbocycles. The molecule has 0 saturated heterocycles. The zero-order chi connectivity index (χ0) is 15.4. The van der Waals surface area contributed by atoms with Gasteiger partial charge in [0.25, 0.3) is 5.76 Å². The van der Waals surface area contributed by atoms with E-state index in [1.807, 2.05) is 0 Å². The third kappa shape index (κ3) is 4.18. The molecule has 0 amide bonds. The van der Waals surface area contributed by atoms with E-state index in [1.54, 1.807) is 0 Å². The summed E-state index contributed by atoms with van der Waals surface area (Å²) in [6, 6.07) is 5.92. The Bertz CT molecular complexity index is 651. The Morgan fingerprint density at radius 2 is 2.24 bits per heavy atom. The van der Waals surface area contributed by atoms with Gasteiger partial charge in [0.15, 0.2) is 0 Å². The maximum Gasteiger partial charge on any atom is 0.288 e. The van der Waals surface area contributed by atoms with Gasteiger partial charge in [-0.25, -0.2) is 0 Å². The Morgan fingerprint density at radius 1 is 1.48 bits per heavy atom. The number of carbonyl (C=O) groups excluding carboxylic acids is 1. The fourth-order valence-corrected chi connectivity index (χ4v) is 2.66. The van der Waals surface area contributed by atoms with Gasteiger partial charge in [-0.15, -0.1) is 4.85 Å². The van der Waals surface area contributed by atoms with Gasteiger partial charge in [0.05, 0.1) is 6.20 Å². The minimum Gasteiger partial charge on any atom is -0.472 e. The van der Waals surface area contributed by atoms with Crippen molar-refractivity contribution in [2.24, 2.45) is 0 Å². The van der Waals surface area contributed by atoms with Gasteiger partial charge < -0.3 is 9.94 Å². The van der Waals surface area contributed by atoms with Crippen molar-refractivity contribution in [1.82, 2.24) is 9.94 Å². The van der Waals surface area contributed by atoms with Crippen LogP contribution in [0.5, 0.6) is 5.88 Å². The Morgan fingerprint density at radius 3 is 2.81 bits per heavy atom. The molecule has 0 aliphatic rings. The topological polar surface area (TPSA) is 64.3 Å². The summed E-state index contributed by atoms with van der Waals surface area (Å²) in [5.41, 5.74) is 0.571. The summed E-state index contributed by atoms with van der Waals surface area (Å²) in [7, 11) is 0. The number of aromatic nitrogens is 2.